The number of nitrogens with zero attached hydrogens (tertiary/aromatic N) is 1. The lowest BCUT2D eigenvalue weighted by atomic mass is 10.1. The Kier molecular flexibility index (Phi) is 8.16. The number of benzene rings is 1. The average molecular weight is 373 g/mol. The van der Waals surface area contributed by atoms with Crippen molar-refractivity contribution in [1.29, 1.82) is 0 Å². The lowest BCUT2D eigenvalue weighted by molar-refractivity contribution is -0.121. The van der Waals surface area contributed by atoms with E-state index in [1.165, 1.54) is 25.9 Å². The van der Waals surface area contributed by atoms with Crippen molar-refractivity contribution in [3.63, 3.8) is 0 Å². The van der Waals surface area contributed by atoms with Crippen LogP contribution in [0.4, 0.5) is 0 Å². The monoisotopic (exact) mass is 372 g/mol. The predicted molar refractivity (Wildman–Crippen MR) is 99.0 cm³/mol. The van der Waals surface area contributed by atoms with Gasteiger partial charge >= 0.3 is 0 Å². The second-order valence-corrected chi connectivity index (χ2v) is 7.29. The van der Waals surface area contributed by atoms with Crippen LogP contribution in [0, 0.1) is 5.92 Å². The number of ether oxygens (including phenoxy) is 1. The highest BCUT2D eigenvalue weighted by atomic mass is 35.5. The second-order valence-electron chi connectivity index (χ2n) is 6.44. The molecule has 1 amide bonds. The number of likely N-dealkylation sites (tertiary alicyclic amines) is 1. The minimum Gasteiger partial charge on any atom is -0.492 e. The van der Waals surface area contributed by atoms with Crippen LogP contribution in [0.25, 0.3) is 0 Å². The Morgan fingerprint density at radius 1 is 1.33 bits per heavy atom. The molecule has 0 radical (unpaired) electrons. The van der Waals surface area contributed by atoms with Gasteiger partial charge < -0.3 is 15.0 Å². The van der Waals surface area contributed by atoms with Crippen molar-refractivity contribution < 1.29 is 9.53 Å². The van der Waals surface area contributed by atoms with Gasteiger partial charge in [0.25, 0.3) is 0 Å². The first-order chi connectivity index (χ1) is 11.5. The fourth-order valence-electron chi connectivity index (χ4n) is 2.85. The first-order valence-corrected chi connectivity index (χ1v) is 9.37. The predicted octanol–water partition coefficient (Wildman–Crippen LogP) is 4.00. The van der Waals surface area contributed by atoms with Crippen molar-refractivity contribution in [2.24, 2.45) is 5.92 Å². The molecule has 134 valence electrons. The maximum absolute atomic E-state index is 11.9. The first-order valence-electron chi connectivity index (χ1n) is 8.61. The number of rotatable bonds is 9. The Labute approximate surface area is 154 Å². The summed E-state index contributed by atoms with van der Waals surface area (Å²) >= 11 is 11.9. The van der Waals surface area contributed by atoms with Crippen LogP contribution in [-0.2, 0) is 4.79 Å². The summed E-state index contributed by atoms with van der Waals surface area (Å²) in [5.41, 5.74) is 0. The van der Waals surface area contributed by atoms with Crippen molar-refractivity contribution in [2.45, 2.75) is 32.6 Å². The zero-order chi connectivity index (χ0) is 17.4. The van der Waals surface area contributed by atoms with Crippen LogP contribution in [0.3, 0.4) is 0 Å². The van der Waals surface area contributed by atoms with Crippen LogP contribution in [0.5, 0.6) is 5.75 Å². The topological polar surface area (TPSA) is 41.6 Å². The van der Waals surface area contributed by atoms with Crippen LogP contribution in [0.15, 0.2) is 18.2 Å². The molecule has 4 nitrogen and oxygen atoms in total. The van der Waals surface area contributed by atoms with E-state index in [0.717, 1.165) is 13.1 Å². The van der Waals surface area contributed by atoms with Gasteiger partial charge in [0, 0.05) is 24.5 Å². The van der Waals surface area contributed by atoms with Gasteiger partial charge in [0.1, 0.15) is 5.75 Å². The molecule has 24 heavy (non-hydrogen) atoms. The van der Waals surface area contributed by atoms with Gasteiger partial charge in [0.15, 0.2) is 0 Å². The highest BCUT2D eigenvalue weighted by Gasteiger charge is 2.15. The molecule has 1 atom stereocenters. The molecule has 1 fully saturated rings. The van der Waals surface area contributed by atoms with E-state index in [0.29, 0.717) is 41.2 Å². The van der Waals surface area contributed by atoms with Crippen LogP contribution in [0.2, 0.25) is 10.0 Å². The molecular formula is C18H26Cl2N2O2. The molecule has 1 aliphatic heterocycles. The minimum atomic E-state index is 0.0778. The van der Waals surface area contributed by atoms with Crippen molar-refractivity contribution in [1.82, 2.24) is 10.2 Å². The molecule has 0 bridgehead atoms. The third-order valence-electron chi connectivity index (χ3n) is 4.12. The van der Waals surface area contributed by atoms with Gasteiger partial charge in [-0.05, 0) is 56.5 Å². The van der Waals surface area contributed by atoms with Crippen LogP contribution in [-0.4, -0.2) is 43.6 Å². The maximum atomic E-state index is 11.9. The Bertz CT molecular complexity index is 534. The summed E-state index contributed by atoms with van der Waals surface area (Å²) in [4.78, 5) is 14.4. The molecule has 1 heterocycles. The Morgan fingerprint density at radius 2 is 2.08 bits per heavy atom. The maximum Gasteiger partial charge on any atom is 0.220 e. The summed E-state index contributed by atoms with van der Waals surface area (Å²) in [7, 11) is 0. The van der Waals surface area contributed by atoms with E-state index in [9.17, 15) is 4.79 Å². The van der Waals surface area contributed by atoms with Gasteiger partial charge in [-0.25, -0.2) is 0 Å². The molecule has 0 spiro atoms. The quantitative estimate of drug-likeness (QED) is 0.666. The van der Waals surface area contributed by atoms with E-state index in [-0.39, 0.29) is 5.91 Å². The van der Waals surface area contributed by atoms with Crippen molar-refractivity contribution in [3.05, 3.63) is 28.2 Å². The summed E-state index contributed by atoms with van der Waals surface area (Å²) < 4.78 is 5.58. The normalized spacial score (nSPS) is 16.1. The van der Waals surface area contributed by atoms with E-state index in [4.69, 9.17) is 27.9 Å². The van der Waals surface area contributed by atoms with Gasteiger partial charge in [-0.2, -0.15) is 0 Å². The van der Waals surface area contributed by atoms with Gasteiger partial charge in [-0.3, -0.25) is 4.79 Å². The van der Waals surface area contributed by atoms with E-state index < -0.39 is 0 Å². The van der Waals surface area contributed by atoms with E-state index in [1.807, 2.05) is 0 Å². The van der Waals surface area contributed by atoms with Gasteiger partial charge in [0.05, 0.1) is 11.6 Å². The molecule has 0 saturated carbocycles. The van der Waals surface area contributed by atoms with Crippen molar-refractivity contribution in [3.8, 4) is 5.75 Å². The smallest absolute Gasteiger partial charge is 0.220 e. The van der Waals surface area contributed by atoms with Crippen molar-refractivity contribution in [2.75, 3.05) is 32.8 Å². The molecule has 1 N–H and O–H groups in total. The number of halogens is 2. The summed E-state index contributed by atoms with van der Waals surface area (Å²) in [5, 5.41) is 4.08. The van der Waals surface area contributed by atoms with Gasteiger partial charge in [0.2, 0.25) is 5.91 Å². The largest absolute Gasteiger partial charge is 0.492 e. The Hall–Kier alpha value is -0.970. The van der Waals surface area contributed by atoms with E-state index >= 15 is 0 Å². The highest BCUT2D eigenvalue weighted by molar-refractivity contribution is 6.35. The van der Waals surface area contributed by atoms with Gasteiger partial charge in [-0.1, -0.05) is 30.1 Å². The molecule has 1 unspecified atom stereocenters. The molecule has 6 heteroatoms. The standard InChI is InChI=1S/C18H26Cl2N2O2/c1-14(13-22-8-2-3-9-22)12-21-18(23)5-4-10-24-17-7-6-15(19)11-16(17)20/h6-7,11,14H,2-5,8-10,12-13H2,1H3,(H,21,23). The molecule has 0 aromatic heterocycles. The lowest BCUT2D eigenvalue weighted by Gasteiger charge is -2.20. The number of carbonyl (C=O) groups is 1. The molecule has 0 aliphatic carbocycles. The molecule has 1 saturated heterocycles. The number of amides is 1. The van der Waals surface area contributed by atoms with Crippen LogP contribution in [0.1, 0.15) is 32.6 Å². The molecular weight excluding hydrogens is 347 g/mol. The zero-order valence-corrected chi connectivity index (χ0v) is 15.7. The number of hydrogen-bond donors (Lipinski definition) is 1. The SMILES string of the molecule is CC(CNC(=O)CCCOc1ccc(Cl)cc1Cl)CN1CCCC1. The molecule has 1 aliphatic rings. The molecule has 1 aromatic rings. The fourth-order valence-corrected chi connectivity index (χ4v) is 3.32. The van der Waals surface area contributed by atoms with Crippen LogP contribution >= 0.6 is 23.2 Å². The Balaban J connectivity index is 1.56. The first kappa shape index (κ1) is 19.4. The average Bonchev–Trinajstić information content (AvgIpc) is 3.04. The zero-order valence-electron chi connectivity index (χ0n) is 14.2. The number of hydrogen-bond acceptors (Lipinski definition) is 3. The van der Waals surface area contributed by atoms with Crippen LogP contribution < -0.4 is 10.1 Å². The highest BCUT2D eigenvalue weighted by Crippen LogP contribution is 2.27. The summed E-state index contributed by atoms with van der Waals surface area (Å²) in [6.07, 6.45) is 3.72. The number of carbonyl (C=O) groups excluding carboxylic acids is 1. The third-order valence-corrected chi connectivity index (χ3v) is 4.65. The minimum absolute atomic E-state index is 0.0778. The summed E-state index contributed by atoms with van der Waals surface area (Å²) in [6, 6.07) is 5.12. The summed E-state index contributed by atoms with van der Waals surface area (Å²) in [6.45, 7) is 6.84. The molecule has 1 aromatic carbocycles. The third kappa shape index (κ3) is 6.88. The Morgan fingerprint density at radius 3 is 2.79 bits per heavy atom. The van der Waals surface area contributed by atoms with E-state index in [1.54, 1.807) is 18.2 Å². The lowest BCUT2D eigenvalue weighted by Crippen LogP contribution is -2.34. The summed E-state index contributed by atoms with van der Waals surface area (Å²) in [5.74, 6) is 1.16. The molecule has 2 rings (SSSR count). The van der Waals surface area contributed by atoms with Gasteiger partial charge in [-0.15, -0.1) is 0 Å². The van der Waals surface area contributed by atoms with Crippen molar-refractivity contribution >= 4 is 29.1 Å². The second kappa shape index (κ2) is 10.1. The number of nitrogens with one attached hydrogen (secondary N) is 1. The fraction of sp³-hybridized carbons (Fsp3) is 0.611. The van der Waals surface area contributed by atoms with E-state index in [2.05, 4.69) is 17.1 Å².